The maximum Gasteiger partial charge on any atom is 0.258 e. The summed E-state index contributed by atoms with van der Waals surface area (Å²) in [7, 11) is -2.11. The Bertz CT molecular complexity index is 848. The van der Waals surface area contributed by atoms with E-state index < -0.39 is 10.0 Å². The van der Waals surface area contributed by atoms with Gasteiger partial charge < -0.3 is 9.64 Å². The molecular weight excluding hydrogens is 352 g/mol. The van der Waals surface area contributed by atoms with E-state index in [0.29, 0.717) is 12.1 Å². The maximum absolute atomic E-state index is 12.8. The van der Waals surface area contributed by atoms with E-state index in [4.69, 9.17) is 4.74 Å². The Morgan fingerprint density at radius 1 is 1.15 bits per heavy atom. The fraction of sp³-hybridized carbons (Fsp3) is 0.316. The molecule has 0 aromatic heterocycles. The van der Waals surface area contributed by atoms with Crippen LogP contribution in [0, 0.1) is 6.92 Å². The van der Waals surface area contributed by atoms with Crippen molar-refractivity contribution in [1.82, 2.24) is 4.72 Å². The summed E-state index contributed by atoms with van der Waals surface area (Å²) in [6.07, 6.45) is 0. The second kappa shape index (κ2) is 8.93. The number of methoxy groups -OCH3 is 1. The molecule has 0 fully saturated rings. The normalized spacial score (nSPS) is 11.3. The van der Waals surface area contributed by atoms with E-state index in [0.717, 1.165) is 11.3 Å². The first-order chi connectivity index (χ1) is 12.4. The van der Waals surface area contributed by atoms with Gasteiger partial charge in [0.2, 0.25) is 10.0 Å². The highest BCUT2D eigenvalue weighted by Crippen LogP contribution is 2.19. The second-order valence-corrected chi connectivity index (χ2v) is 7.57. The highest BCUT2D eigenvalue weighted by atomic mass is 32.2. The fourth-order valence-corrected chi connectivity index (χ4v) is 3.55. The Labute approximate surface area is 154 Å². The predicted octanol–water partition coefficient (Wildman–Crippen LogP) is 2.59. The van der Waals surface area contributed by atoms with Gasteiger partial charge in [0.15, 0.2) is 0 Å². The Hall–Kier alpha value is -2.22. The van der Waals surface area contributed by atoms with Crippen molar-refractivity contribution in [1.29, 1.82) is 0 Å². The van der Waals surface area contributed by atoms with Crippen molar-refractivity contribution < 1.29 is 17.9 Å². The van der Waals surface area contributed by atoms with E-state index in [9.17, 15) is 13.2 Å². The van der Waals surface area contributed by atoms with Crippen LogP contribution in [-0.2, 0) is 14.8 Å². The van der Waals surface area contributed by atoms with Gasteiger partial charge in [-0.05, 0) is 55.8 Å². The molecule has 2 rings (SSSR count). The molecule has 140 valence electrons. The Kier molecular flexibility index (Phi) is 6.90. The topological polar surface area (TPSA) is 75.7 Å². The smallest absolute Gasteiger partial charge is 0.258 e. The molecule has 1 N–H and O–H groups in total. The number of aryl methyl sites for hydroxylation is 1. The third kappa shape index (κ3) is 4.91. The molecule has 0 atom stereocenters. The first kappa shape index (κ1) is 20.1. The van der Waals surface area contributed by atoms with Crippen molar-refractivity contribution in [3.05, 3.63) is 59.7 Å². The Morgan fingerprint density at radius 3 is 2.42 bits per heavy atom. The van der Waals surface area contributed by atoms with Crippen molar-refractivity contribution >= 4 is 21.6 Å². The molecule has 0 bridgehead atoms. The number of carbonyl (C=O) groups excluding carboxylic acids is 1. The minimum atomic E-state index is -3.61. The summed E-state index contributed by atoms with van der Waals surface area (Å²) in [6, 6.07) is 13.6. The quantitative estimate of drug-likeness (QED) is 0.719. The van der Waals surface area contributed by atoms with E-state index in [2.05, 4.69) is 4.72 Å². The van der Waals surface area contributed by atoms with Gasteiger partial charge >= 0.3 is 0 Å². The third-order valence-corrected chi connectivity index (χ3v) is 5.36. The zero-order valence-corrected chi connectivity index (χ0v) is 16.0. The number of amides is 1. The summed E-state index contributed by atoms with van der Waals surface area (Å²) in [6.45, 7) is 4.87. The zero-order valence-electron chi connectivity index (χ0n) is 15.2. The van der Waals surface area contributed by atoms with Crippen molar-refractivity contribution in [3.8, 4) is 0 Å². The van der Waals surface area contributed by atoms with Crippen LogP contribution in [-0.4, -0.2) is 41.1 Å². The molecule has 0 unspecified atom stereocenters. The number of benzene rings is 2. The number of hydrogen-bond donors (Lipinski definition) is 1. The van der Waals surface area contributed by atoms with Gasteiger partial charge in [-0.15, -0.1) is 0 Å². The lowest BCUT2D eigenvalue weighted by molar-refractivity contribution is 0.0988. The van der Waals surface area contributed by atoms with Crippen molar-refractivity contribution in [2.45, 2.75) is 18.7 Å². The third-order valence-electron chi connectivity index (χ3n) is 3.88. The van der Waals surface area contributed by atoms with Crippen LogP contribution in [0.2, 0.25) is 0 Å². The van der Waals surface area contributed by atoms with Crippen molar-refractivity contribution in [2.24, 2.45) is 0 Å². The van der Waals surface area contributed by atoms with Crippen molar-refractivity contribution in [2.75, 3.05) is 31.7 Å². The summed E-state index contributed by atoms with van der Waals surface area (Å²) in [5.74, 6) is -0.172. The first-order valence-electron chi connectivity index (χ1n) is 8.36. The molecule has 0 spiro atoms. The second-order valence-electron chi connectivity index (χ2n) is 5.80. The predicted molar refractivity (Wildman–Crippen MR) is 102 cm³/mol. The van der Waals surface area contributed by atoms with Crippen LogP contribution >= 0.6 is 0 Å². The molecule has 2 aromatic rings. The molecule has 0 saturated carbocycles. The van der Waals surface area contributed by atoms with E-state index in [-0.39, 0.29) is 24.0 Å². The van der Waals surface area contributed by atoms with Crippen LogP contribution in [0.4, 0.5) is 5.69 Å². The van der Waals surface area contributed by atoms with Gasteiger partial charge in [-0.1, -0.05) is 12.1 Å². The van der Waals surface area contributed by atoms with Gasteiger partial charge in [0, 0.05) is 31.5 Å². The maximum atomic E-state index is 12.8. The molecule has 6 nitrogen and oxygen atoms in total. The molecule has 2 aromatic carbocycles. The summed E-state index contributed by atoms with van der Waals surface area (Å²) in [5, 5.41) is 0. The van der Waals surface area contributed by atoms with Crippen LogP contribution in [0.3, 0.4) is 0 Å². The average molecular weight is 376 g/mol. The molecule has 26 heavy (non-hydrogen) atoms. The number of anilines is 1. The van der Waals surface area contributed by atoms with Crippen LogP contribution in [0.25, 0.3) is 0 Å². The standard InChI is InChI=1S/C19H24N2O4S/c1-4-21(17-7-5-6-15(2)14-17)19(22)16-8-10-18(11-9-16)26(23,24)20-12-13-25-3/h5-11,14,20H,4,12-13H2,1-3H3. The minimum Gasteiger partial charge on any atom is -0.383 e. The zero-order chi connectivity index (χ0) is 19.2. The average Bonchev–Trinajstić information content (AvgIpc) is 2.62. The number of nitrogens with one attached hydrogen (secondary N) is 1. The summed E-state index contributed by atoms with van der Waals surface area (Å²) in [4.78, 5) is 14.6. The summed E-state index contributed by atoms with van der Waals surface area (Å²) < 4.78 is 31.6. The van der Waals surface area contributed by atoms with Crippen LogP contribution in [0.15, 0.2) is 53.4 Å². The van der Waals surface area contributed by atoms with Crippen LogP contribution < -0.4 is 9.62 Å². The van der Waals surface area contributed by atoms with E-state index >= 15 is 0 Å². The highest BCUT2D eigenvalue weighted by Gasteiger charge is 2.18. The van der Waals surface area contributed by atoms with Gasteiger partial charge in [-0.2, -0.15) is 0 Å². The van der Waals surface area contributed by atoms with E-state index in [1.165, 1.54) is 31.4 Å². The molecule has 0 heterocycles. The Balaban J connectivity index is 2.20. The minimum absolute atomic E-state index is 0.115. The molecule has 1 amide bonds. The van der Waals surface area contributed by atoms with Gasteiger partial charge in [0.05, 0.1) is 11.5 Å². The van der Waals surface area contributed by atoms with Gasteiger partial charge in [0.25, 0.3) is 5.91 Å². The number of sulfonamides is 1. The van der Waals surface area contributed by atoms with Crippen LogP contribution in [0.1, 0.15) is 22.8 Å². The largest absolute Gasteiger partial charge is 0.383 e. The molecular formula is C19H24N2O4S. The van der Waals surface area contributed by atoms with Gasteiger partial charge in [-0.25, -0.2) is 13.1 Å². The Morgan fingerprint density at radius 2 is 1.85 bits per heavy atom. The summed E-state index contributed by atoms with van der Waals surface area (Å²) in [5.41, 5.74) is 2.32. The molecule has 7 heteroatoms. The molecule has 0 aliphatic heterocycles. The van der Waals surface area contributed by atoms with Gasteiger partial charge in [-0.3, -0.25) is 4.79 Å². The van der Waals surface area contributed by atoms with Gasteiger partial charge in [0.1, 0.15) is 0 Å². The fourth-order valence-electron chi connectivity index (χ4n) is 2.53. The number of nitrogens with zero attached hydrogens (tertiary/aromatic N) is 1. The molecule has 0 saturated heterocycles. The number of rotatable bonds is 8. The van der Waals surface area contributed by atoms with E-state index in [1.807, 2.05) is 38.1 Å². The monoisotopic (exact) mass is 376 g/mol. The first-order valence-corrected chi connectivity index (χ1v) is 9.84. The number of hydrogen-bond acceptors (Lipinski definition) is 4. The molecule has 0 radical (unpaired) electrons. The molecule has 0 aliphatic carbocycles. The van der Waals surface area contributed by atoms with E-state index in [1.54, 1.807) is 4.90 Å². The lowest BCUT2D eigenvalue weighted by atomic mass is 10.1. The lowest BCUT2D eigenvalue weighted by Gasteiger charge is -2.21. The molecule has 0 aliphatic rings. The van der Waals surface area contributed by atoms with Crippen molar-refractivity contribution in [3.63, 3.8) is 0 Å². The number of ether oxygens (including phenoxy) is 1. The number of carbonyl (C=O) groups is 1. The highest BCUT2D eigenvalue weighted by molar-refractivity contribution is 7.89. The SMILES string of the molecule is CCN(C(=O)c1ccc(S(=O)(=O)NCCOC)cc1)c1cccc(C)c1. The van der Waals surface area contributed by atoms with Crippen LogP contribution in [0.5, 0.6) is 0 Å². The summed E-state index contributed by atoms with van der Waals surface area (Å²) >= 11 is 0. The lowest BCUT2D eigenvalue weighted by Crippen LogP contribution is -2.31.